The first-order valence-electron chi connectivity index (χ1n) is 11.5. The number of aryl methyl sites for hydroxylation is 1. The summed E-state index contributed by atoms with van der Waals surface area (Å²) in [5.74, 6) is 2.55. The molecule has 7 nitrogen and oxygen atoms in total. The first-order chi connectivity index (χ1) is 15.5. The zero-order valence-corrected chi connectivity index (χ0v) is 19.8. The van der Waals surface area contributed by atoms with Crippen molar-refractivity contribution in [3.05, 3.63) is 41.3 Å². The molecule has 0 unspecified atom stereocenters. The predicted molar refractivity (Wildman–Crippen MR) is 129 cm³/mol. The third-order valence-corrected chi connectivity index (χ3v) is 6.08. The standard InChI is InChI=1S/C24H31ClN6O/c1-4-6-22(32)29-11-13-30(14-12-29)23-20-16-26-31(19-8-5-7-18(25)15-19)24(20)28-21(27-23)10-9-17(2)3/h5,7-8,15-17H,4,6,9-14H2,1-3H3. The van der Waals surface area contributed by atoms with Gasteiger partial charge in [-0.05, 0) is 37.0 Å². The summed E-state index contributed by atoms with van der Waals surface area (Å²) in [5, 5.41) is 6.21. The van der Waals surface area contributed by atoms with Crippen LogP contribution in [0.1, 0.15) is 45.9 Å². The monoisotopic (exact) mass is 454 g/mol. The third kappa shape index (κ3) is 4.88. The van der Waals surface area contributed by atoms with Crippen LogP contribution in [0, 0.1) is 5.92 Å². The van der Waals surface area contributed by atoms with E-state index in [1.165, 1.54) is 0 Å². The fraction of sp³-hybridized carbons (Fsp3) is 0.500. The second-order valence-electron chi connectivity index (χ2n) is 8.79. The van der Waals surface area contributed by atoms with Crippen LogP contribution in [0.15, 0.2) is 30.5 Å². The highest BCUT2D eigenvalue weighted by atomic mass is 35.5. The number of carbonyl (C=O) groups excluding carboxylic acids is 1. The van der Waals surface area contributed by atoms with Gasteiger partial charge in [-0.3, -0.25) is 4.79 Å². The molecular weight excluding hydrogens is 424 g/mol. The van der Waals surface area contributed by atoms with Crippen LogP contribution in [0.5, 0.6) is 0 Å². The summed E-state index contributed by atoms with van der Waals surface area (Å²) in [5.41, 5.74) is 1.67. The van der Waals surface area contributed by atoms with Crippen molar-refractivity contribution in [1.82, 2.24) is 24.6 Å². The van der Waals surface area contributed by atoms with E-state index in [1.807, 2.05) is 47.0 Å². The second kappa shape index (κ2) is 9.86. The van der Waals surface area contributed by atoms with Crippen LogP contribution in [0.25, 0.3) is 16.7 Å². The molecule has 4 rings (SSSR count). The molecule has 0 radical (unpaired) electrons. The molecule has 3 aromatic rings. The highest BCUT2D eigenvalue weighted by Crippen LogP contribution is 2.28. The van der Waals surface area contributed by atoms with Crippen molar-refractivity contribution in [2.24, 2.45) is 5.92 Å². The van der Waals surface area contributed by atoms with E-state index in [9.17, 15) is 4.79 Å². The summed E-state index contributed by atoms with van der Waals surface area (Å²) >= 11 is 6.23. The number of hydrogen-bond donors (Lipinski definition) is 0. The normalized spacial score (nSPS) is 14.5. The first kappa shape index (κ1) is 22.5. The molecule has 1 fully saturated rings. The van der Waals surface area contributed by atoms with Crippen molar-refractivity contribution in [3.63, 3.8) is 0 Å². The molecule has 1 aromatic carbocycles. The number of piperazine rings is 1. The molecule has 1 amide bonds. The van der Waals surface area contributed by atoms with Gasteiger partial charge in [0.25, 0.3) is 0 Å². The number of halogens is 1. The van der Waals surface area contributed by atoms with Crippen molar-refractivity contribution >= 4 is 34.4 Å². The van der Waals surface area contributed by atoms with Crippen molar-refractivity contribution in [3.8, 4) is 5.69 Å². The summed E-state index contributed by atoms with van der Waals surface area (Å²) in [4.78, 5) is 26.4. The lowest BCUT2D eigenvalue weighted by atomic mass is 10.1. The molecule has 2 aromatic heterocycles. The van der Waals surface area contributed by atoms with Gasteiger partial charge in [0.05, 0.1) is 17.3 Å². The van der Waals surface area contributed by atoms with Gasteiger partial charge in [0.15, 0.2) is 5.65 Å². The van der Waals surface area contributed by atoms with Crippen LogP contribution in [0.4, 0.5) is 5.82 Å². The van der Waals surface area contributed by atoms with Crippen molar-refractivity contribution in [2.75, 3.05) is 31.1 Å². The van der Waals surface area contributed by atoms with Crippen LogP contribution >= 0.6 is 11.6 Å². The Labute approximate surface area is 194 Å². The smallest absolute Gasteiger partial charge is 0.222 e. The Morgan fingerprint density at radius 3 is 2.62 bits per heavy atom. The molecule has 1 saturated heterocycles. The van der Waals surface area contributed by atoms with E-state index >= 15 is 0 Å². The number of aromatic nitrogens is 4. The maximum absolute atomic E-state index is 12.3. The fourth-order valence-electron chi connectivity index (χ4n) is 4.04. The number of fused-ring (bicyclic) bond motifs is 1. The van der Waals surface area contributed by atoms with Crippen LogP contribution in [0.2, 0.25) is 5.02 Å². The largest absolute Gasteiger partial charge is 0.352 e. The minimum Gasteiger partial charge on any atom is -0.352 e. The number of rotatable bonds is 7. The fourth-order valence-corrected chi connectivity index (χ4v) is 4.23. The van der Waals surface area contributed by atoms with Gasteiger partial charge in [0, 0.05) is 44.0 Å². The first-order valence-corrected chi connectivity index (χ1v) is 11.9. The van der Waals surface area contributed by atoms with Gasteiger partial charge in [-0.1, -0.05) is 38.4 Å². The lowest BCUT2D eigenvalue weighted by Gasteiger charge is -2.35. The van der Waals surface area contributed by atoms with E-state index in [0.717, 1.165) is 60.7 Å². The predicted octanol–water partition coefficient (Wildman–Crippen LogP) is 4.51. The number of carbonyl (C=O) groups is 1. The van der Waals surface area contributed by atoms with E-state index < -0.39 is 0 Å². The summed E-state index contributed by atoms with van der Waals surface area (Å²) in [6.07, 6.45) is 5.18. The molecule has 1 aliphatic heterocycles. The van der Waals surface area contributed by atoms with Gasteiger partial charge in [0.1, 0.15) is 11.6 Å². The SMILES string of the molecule is CCCC(=O)N1CCN(c2nc(CCC(C)C)nc3c2cnn3-c2cccc(Cl)c2)CC1. The van der Waals surface area contributed by atoms with Crippen LogP contribution in [-0.4, -0.2) is 56.7 Å². The number of hydrogen-bond acceptors (Lipinski definition) is 5. The summed E-state index contributed by atoms with van der Waals surface area (Å²) in [6, 6.07) is 7.64. The van der Waals surface area contributed by atoms with E-state index in [1.54, 1.807) is 0 Å². The Balaban J connectivity index is 1.69. The Morgan fingerprint density at radius 2 is 1.94 bits per heavy atom. The summed E-state index contributed by atoms with van der Waals surface area (Å²) < 4.78 is 1.84. The van der Waals surface area contributed by atoms with E-state index in [0.29, 0.717) is 30.5 Å². The van der Waals surface area contributed by atoms with Crippen LogP contribution < -0.4 is 4.90 Å². The van der Waals surface area contributed by atoms with Crippen LogP contribution in [-0.2, 0) is 11.2 Å². The van der Waals surface area contributed by atoms with Gasteiger partial charge in [-0.25, -0.2) is 14.6 Å². The molecule has 0 bridgehead atoms. The molecule has 0 N–H and O–H groups in total. The van der Waals surface area contributed by atoms with Gasteiger partial charge in [-0.2, -0.15) is 5.10 Å². The minimum absolute atomic E-state index is 0.242. The number of anilines is 1. The van der Waals surface area contributed by atoms with Gasteiger partial charge < -0.3 is 9.80 Å². The zero-order chi connectivity index (χ0) is 22.7. The highest BCUT2D eigenvalue weighted by molar-refractivity contribution is 6.30. The average Bonchev–Trinajstić information content (AvgIpc) is 3.21. The quantitative estimate of drug-likeness (QED) is 0.525. The van der Waals surface area contributed by atoms with E-state index in [2.05, 4.69) is 23.8 Å². The lowest BCUT2D eigenvalue weighted by Crippen LogP contribution is -2.49. The Kier molecular flexibility index (Phi) is 6.94. The van der Waals surface area contributed by atoms with Crippen molar-refractivity contribution in [1.29, 1.82) is 0 Å². The molecule has 3 heterocycles. The molecule has 0 spiro atoms. The number of amides is 1. The molecule has 1 aliphatic rings. The maximum atomic E-state index is 12.3. The van der Waals surface area contributed by atoms with Crippen LogP contribution in [0.3, 0.4) is 0 Å². The topological polar surface area (TPSA) is 67.2 Å². The average molecular weight is 455 g/mol. The molecule has 32 heavy (non-hydrogen) atoms. The summed E-state index contributed by atoms with van der Waals surface area (Å²) in [7, 11) is 0. The molecule has 8 heteroatoms. The van der Waals surface area contributed by atoms with Gasteiger partial charge in [-0.15, -0.1) is 0 Å². The van der Waals surface area contributed by atoms with Gasteiger partial charge >= 0.3 is 0 Å². The minimum atomic E-state index is 0.242. The highest BCUT2D eigenvalue weighted by Gasteiger charge is 2.25. The molecule has 170 valence electrons. The maximum Gasteiger partial charge on any atom is 0.222 e. The van der Waals surface area contributed by atoms with E-state index in [4.69, 9.17) is 21.6 Å². The Morgan fingerprint density at radius 1 is 1.16 bits per heavy atom. The van der Waals surface area contributed by atoms with E-state index in [-0.39, 0.29) is 5.91 Å². The number of benzene rings is 1. The van der Waals surface area contributed by atoms with Gasteiger partial charge in [0.2, 0.25) is 5.91 Å². The third-order valence-electron chi connectivity index (χ3n) is 5.85. The molecule has 0 atom stereocenters. The Hall–Kier alpha value is -2.67. The van der Waals surface area contributed by atoms with Crippen molar-refractivity contribution < 1.29 is 4.79 Å². The summed E-state index contributed by atoms with van der Waals surface area (Å²) in [6.45, 7) is 9.41. The zero-order valence-electron chi connectivity index (χ0n) is 19.1. The number of nitrogens with zero attached hydrogens (tertiary/aromatic N) is 6. The molecule has 0 aliphatic carbocycles. The second-order valence-corrected chi connectivity index (χ2v) is 9.22. The molecule has 0 saturated carbocycles. The van der Waals surface area contributed by atoms with Crippen molar-refractivity contribution in [2.45, 2.75) is 46.5 Å². The molecular formula is C24H31ClN6O. The lowest BCUT2D eigenvalue weighted by molar-refractivity contribution is -0.131. The Bertz CT molecular complexity index is 1090.